The molecule has 0 N–H and O–H groups in total. The van der Waals surface area contributed by atoms with Crippen molar-refractivity contribution in [3.63, 3.8) is 0 Å². The van der Waals surface area contributed by atoms with Crippen molar-refractivity contribution in [1.82, 2.24) is 4.90 Å². The molecule has 21 heavy (non-hydrogen) atoms. The van der Waals surface area contributed by atoms with Crippen LogP contribution >= 0.6 is 0 Å². The molecule has 0 aromatic heterocycles. The molecule has 1 saturated heterocycles. The molecule has 1 aliphatic heterocycles. The Morgan fingerprint density at radius 3 is 2.71 bits per heavy atom. The van der Waals surface area contributed by atoms with Crippen LogP contribution in [-0.4, -0.2) is 49.2 Å². The average molecular weight is 307 g/mol. The molecule has 0 aromatic rings. The number of rotatable bonds is 6. The normalized spacial score (nSPS) is 28.2. The van der Waals surface area contributed by atoms with Gasteiger partial charge in [-0.3, -0.25) is 9.69 Å². The van der Waals surface area contributed by atoms with Gasteiger partial charge >= 0.3 is 6.18 Å². The lowest BCUT2D eigenvalue weighted by Crippen LogP contribution is -2.41. The van der Waals surface area contributed by atoms with E-state index < -0.39 is 12.8 Å². The third-order valence-corrected chi connectivity index (χ3v) is 4.48. The van der Waals surface area contributed by atoms with Crippen LogP contribution in [-0.2, 0) is 9.53 Å². The maximum absolute atomic E-state index is 12.0. The summed E-state index contributed by atoms with van der Waals surface area (Å²) in [5.74, 6) is 0.531. The van der Waals surface area contributed by atoms with Crippen LogP contribution < -0.4 is 0 Å². The van der Waals surface area contributed by atoms with Gasteiger partial charge in [0.05, 0.1) is 0 Å². The maximum atomic E-state index is 12.0. The summed E-state index contributed by atoms with van der Waals surface area (Å²) in [5.41, 5.74) is 0. The van der Waals surface area contributed by atoms with Crippen LogP contribution in [0, 0.1) is 5.92 Å². The van der Waals surface area contributed by atoms with Gasteiger partial charge in [-0.15, -0.1) is 0 Å². The molecular formula is C15H24F3NO2. The fraction of sp³-hybridized carbons (Fsp3) is 0.933. The van der Waals surface area contributed by atoms with Gasteiger partial charge in [-0.25, -0.2) is 0 Å². The molecule has 0 bridgehead atoms. The Hall–Kier alpha value is -0.620. The second-order valence-corrected chi connectivity index (χ2v) is 6.09. The SMILES string of the molecule is O=C1CCCCC1C1CCCN1CCCOCC(F)(F)F. The molecule has 1 aliphatic carbocycles. The van der Waals surface area contributed by atoms with Gasteiger partial charge in [-0.2, -0.15) is 13.2 Å². The minimum absolute atomic E-state index is 0.126. The number of nitrogens with zero attached hydrogens (tertiary/aromatic N) is 1. The molecule has 2 unspecified atom stereocenters. The summed E-state index contributed by atoms with van der Waals surface area (Å²) < 4.78 is 40.5. The second-order valence-electron chi connectivity index (χ2n) is 6.09. The van der Waals surface area contributed by atoms with E-state index in [0.29, 0.717) is 24.7 Å². The summed E-state index contributed by atoms with van der Waals surface area (Å²) >= 11 is 0. The van der Waals surface area contributed by atoms with Crippen molar-refractivity contribution in [2.24, 2.45) is 5.92 Å². The number of ether oxygens (including phenoxy) is 1. The molecule has 0 spiro atoms. The predicted molar refractivity (Wildman–Crippen MR) is 73.1 cm³/mol. The van der Waals surface area contributed by atoms with Crippen molar-refractivity contribution in [1.29, 1.82) is 0 Å². The topological polar surface area (TPSA) is 29.5 Å². The van der Waals surface area contributed by atoms with Gasteiger partial charge in [0.1, 0.15) is 12.4 Å². The van der Waals surface area contributed by atoms with E-state index in [4.69, 9.17) is 0 Å². The van der Waals surface area contributed by atoms with Crippen LogP contribution in [0.2, 0.25) is 0 Å². The molecule has 0 radical (unpaired) electrons. The molecule has 2 fully saturated rings. The highest BCUT2D eigenvalue weighted by Gasteiger charge is 2.36. The third kappa shape index (κ3) is 5.25. The number of ketones is 1. The Bertz CT molecular complexity index is 346. The van der Waals surface area contributed by atoms with Crippen LogP contribution in [0.3, 0.4) is 0 Å². The van der Waals surface area contributed by atoms with Gasteiger partial charge in [0.15, 0.2) is 0 Å². The Kier molecular flexibility index (Phi) is 6.05. The molecule has 2 aliphatic rings. The number of alkyl halides is 3. The zero-order chi connectivity index (χ0) is 15.3. The molecule has 2 rings (SSSR count). The average Bonchev–Trinajstić information content (AvgIpc) is 2.86. The zero-order valence-electron chi connectivity index (χ0n) is 12.3. The summed E-state index contributed by atoms with van der Waals surface area (Å²) in [7, 11) is 0. The lowest BCUT2D eigenvalue weighted by atomic mass is 9.82. The van der Waals surface area contributed by atoms with Crippen molar-refractivity contribution in [2.75, 3.05) is 26.3 Å². The van der Waals surface area contributed by atoms with E-state index in [1.165, 1.54) is 0 Å². The number of Topliss-reactive ketones (excluding diaryl/α,β-unsaturated/α-hetero) is 1. The van der Waals surface area contributed by atoms with Crippen LogP contribution in [0.15, 0.2) is 0 Å². The van der Waals surface area contributed by atoms with Crippen LogP contribution in [0.25, 0.3) is 0 Å². The highest BCUT2D eigenvalue weighted by Crippen LogP contribution is 2.32. The van der Waals surface area contributed by atoms with E-state index in [1.807, 2.05) is 0 Å². The Labute approximate surface area is 123 Å². The number of hydrogen-bond donors (Lipinski definition) is 0. The number of likely N-dealkylation sites (tertiary alicyclic amines) is 1. The first-order valence-electron chi connectivity index (χ1n) is 7.88. The molecule has 0 amide bonds. The summed E-state index contributed by atoms with van der Waals surface area (Å²) in [6, 6.07) is 0.306. The highest BCUT2D eigenvalue weighted by atomic mass is 19.4. The minimum atomic E-state index is -4.25. The number of carbonyl (C=O) groups excluding carboxylic acids is 1. The molecule has 3 nitrogen and oxygen atoms in total. The van der Waals surface area contributed by atoms with Gasteiger partial charge in [0, 0.05) is 31.5 Å². The summed E-state index contributed by atoms with van der Waals surface area (Å²) in [6.45, 7) is 0.638. The second kappa shape index (κ2) is 7.58. The van der Waals surface area contributed by atoms with E-state index in [0.717, 1.165) is 45.2 Å². The number of hydrogen-bond acceptors (Lipinski definition) is 3. The first-order chi connectivity index (χ1) is 9.97. The molecule has 122 valence electrons. The standard InChI is InChI=1S/C15H24F3NO2/c16-15(17,18)11-21-10-4-9-19-8-3-6-13(19)12-5-1-2-7-14(12)20/h12-13H,1-11H2. The van der Waals surface area contributed by atoms with Gasteiger partial charge < -0.3 is 4.74 Å². The van der Waals surface area contributed by atoms with Crippen molar-refractivity contribution < 1.29 is 22.7 Å². The minimum Gasteiger partial charge on any atom is -0.372 e. The van der Waals surface area contributed by atoms with Crippen molar-refractivity contribution >= 4 is 5.78 Å². The molecule has 1 heterocycles. The van der Waals surface area contributed by atoms with E-state index in [2.05, 4.69) is 9.64 Å². The van der Waals surface area contributed by atoms with E-state index >= 15 is 0 Å². The smallest absolute Gasteiger partial charge is 0.372 e. The van der Waals surface area contributed by atoms with Crippen LogP contribution in [0.4, 0.5) is 13.2 Å². The molecule has 2 atom stereocenters. The van der Waals surface area contributed by atoms with Gasteiger partial charge in [-0.1, -0.05) is 6.42 Å². The Morgan fingerprint density at radius 1 is 1.19 bits per heavy atom. The first kappa shape index (κ1) is 16.7. The summed E-state index contributed by atoms with van der Waals surface area (Å²) in [6.07, 6.45) is 2.27. The Morgan fingerprint density at radius 2 is 2.00 bits per heavy atom. The number of carbonyl (C=O) groups is 1. The molecular weight excluding hydrogens is 283 g/mol. The lowest BCUT2D eigenvalue weighted by Gasteiger charge is -2.33. The predicted octanol–water partition coefficient (Wildman–Crippen LogP) is 3.18. The van der Waals surface area contributed by atoms with E-state index in [1.54, 1.807) is 0 Å². The van der Waals surface area contributed by atoms with Gasteiger partial charge in [-0.05, 0) is 38.6 Å². The zero-order valence-corrected chi connectivity index (χ0v) is 12.3. The fourth-order valence-corrected chi connectivity index (χ4v) is 3.56. The number of halogens is 3. The molecule has 6 heteroatoms. The molecule has 1 saturated carbocycles. The van der Waals surface area contributed by atoms with E-state index in [9.17, 15) is 18.0 Å². The lowest BCUT2D eigenvalue weighted by molar-refractivity contribution is -0.174. The summed E-state index contributed by atoms with van der Waals surface area (Å²) in [4.78, 5) is 14.3. The highest BCUT2D eigenvalue weighted by molar-refractivity contribution is 5.82. The van der Waals surface area contributed by atoms with Crippen molar-refractivity contribution in [3.05, 3.63) is 0 Å². The molecule has 0 aromatic carbocycles. The third-order valence-electron chi connectivity index (χ3n) is 4.48. The summed E-state index contributed by atoms with van der Waals surface area (Å²) in [5, 5.41) is 0. The van der Waals surface area contributed by atoms with Gasteiger partial charge in [0.25, 0.3) is 0 Å². The van der Waals surface area contributed by atoms with Crippen molar-refractivity contribution in [3.8, 4) is 0 Å². The first-order valence-corrected chi connectivity index (χ1v) is 7.88. The van der Waals surface area contributed by atoms with E-state index in [-0.39, 0.29) is 12.5 Å². The van der Waals surface area contributed by atoms with Gasteiger partial charge in [0.2, 0.25) is 0 Å². The largest absolute Gasteiger partial charge is 0.411 e. The quantitative estimate of drug-likeness (QED) is 0.706. The van der Waals surface area contributed by atoms with Crippen LogP contribution in [0.5, 0.6) is 0 Å². The van der Waals surface area contributed by atoms with Crippen molar-refractivity contribution in [2.45, 2.75) is 57.2 Å². The monoisotopic (exact) mass is 307 g/mol. The maximum Gasteiger partial charge on any atom is 0.411 e. The Balaban J connectivity index is 1.71. The fourth-order valence-electron chi connectivity index (χ4n) is 3.56. The van der Waals surface area contributed by atoms with Crippen LogP contribution in [0.1, 0.15) is 44.9 Å².